The summed E-state index contributed by atoms with van der Waals surface area (Å²) in [6, 6.07) is 71.2. The zero-order chi connectivity index (χ0) is 41.0. The fourth-order valence-electron chi connectivity index (χ4n) is 9.39. The lowest BCUT2D eigenvalue weighted by Gasteiger charge is -2.18. The zero-order valence-corrected chi connectivity index (χ0v) is 33.9. The Hall–Kier alpha value is -8.15. The molecule has 0 saturated carbocycles. The summed E-state index contributed by atoms with van der Waals surface area (Å²) in [5.74, 6) is 2.01. The molecule has 0 unspecified atom stereocenters. The molecule has 0 fully saturated rings. The van der Waals surface area contributed by atoms with Crippen LogP contribution in [0.3, 0.4) is 0 Å². The van der Waals surface area contributed by atoms with Crippen LogP contribution in [0.5, 0.6) is 0 Å². The number of benzene rings is 8. The molecule has 3 aromatic heterocycles. The van der Waals surface area contributed by atoms with Crippen molar-refractivity contribution in [3.05, 3.63) is 224 Å². The minimum Gasteiger partial charge on any atom is -0.309 e. The zero-order valence-electron chi connectivity index (χ0n) is 33.9. The van der Waals surface area contributed by atoms with Gasteiger partial charge in [-0.15, -0.1) is 0 Å². The third kappa shape index (κ3) is 6.05. The number of hydrogen-bond donors (Lipinski definition) is 0. The highest BCUT2D eigenvalue weighted by Gasteiger charge is 2.21. The van der Waals surface area contributed by atoms with E-state index in [-0.39, 0.29) is 0 Å². The third-order valence-electron chi connectivity index (χ3n) is 12.2. The van der Waals surface area contributed by atoms with Crippen LogP contribution in [-0.2, 0) is 0 Å². The average Bonchev–Trinajstić information content (AvgIpc) is 3.88. The Kier molecular flexibility index (Phi) is 8.56. The molecule has 0 radical (unpaired) electrons. The van der Waals surface area contributed by atoms with Gasteiger partial charge in [0.15, 0.2) is 17.5 Å². The lowest BCUT2D eigenvalue weighted by molar-refractivity contribution is 1.01. The van der Waals surface area contributed by atoms with Crippen LogP contribution in [0, 0.1) is 0 Å². The average molecular weight is 794 g/mol. The van der Waals surface area contributed by atoms with Gasteiger partial charge in [-0.3, -0.25) is 0 Å². The van der Waals surface area contributed by atoms with E-state index >= 15 is 0 Å². The first-order valence-corrected chi connectivity index (χ1v) is 21.3. The van der Waals surface area contributed by atoms with Crippen molar-refractivity contribution in [2.75, 3.05) is 0 Å². The fraction of sp³-hybridized carbons (Fsp3) is 0.0351. The van der Waals surface area contributed by atoms with Gasteiger partial charge in [-0.2, -0.15) is 0 Å². The summed E-state index contributed by atoms with van der Waals surface area (Å²) in [7, 11) is 0. The molecule has 0 N–H and O–H groups in total. The van der Waals surface area contributed by atoms with Gasteiger partial charge in [-0.05, 0) is 84.1 Å². The van der Waals surface area contributed by atoms with Crippen LogP contribution in [-0.4, -0.2) is 24.1 Å². The number of allylic oxidation sites excluding steroid dienone is 4. The molecule has 12 rings (SSSR count). The van der Waals surface area contributed by atoms with Gasteiger partial charge in [0.2, 0.25) is 0 Å². The van der Waals surface area contributed by atoms with Gasteiger partial charge < -0.3 is 9.13 Å². The number of nitrogens with zero attached hydrogens (tertiary/aromatic N) is 5. The highest BCUT2D eigenvalue weighted by atomic mass is 15.0. The molecule has 0 saturated heterocycles. The second kappa shape index (κ2) is 14.8. The van der Waals surface area contributed by atoms with Crippen molar-refractivity contribution < 1.29 is 0 Å². The summed E-state index contributed by atoms with van der Waals surface area (Å²) in [5, 5.41) is 4.95. The van der Waals surface area contributed by atoms with Gasteiger partial charge in [0.1, 0.15) is 0 Å². The molecule has 0 atom stereocenters. The van der Waals surface area contributed by atoms with Crippen molar-refractivity contribution in [1.82, 2.24) is 24.1 Å². The van der Waals surface area contributed by atoms with Crippen LogP contribution in [0.1, 0.15) is 24.2 Å². The number of para-hydroxylation sites is 4. The summed E-state index contributed by atoms with van der Waals surface area (Å²) < 4.78 is 4.84. The van der Waals surface area contributed by atoms with Gasteiger partial charge in [-0.25, -0.2) is 15.0 Å². The molecule has 1 aliphatic rings. The molecule has 0 amide bonds. The Morgan fingerprint density at radius 2 is 0.903 bits per heavy atom. The molecule has 0 bridgehead atoms. The molecule has 1 aliphatic carbocycles. The molecule has 11 aromatic rings. The van der Waals surface area contributed by atoms with E-state index < -0.39 is 0 Å². The highest BCUT2D eigenvalue weighted by molar-refractivity contribution is 6.13. The standard InChI is InChI=1S/C57H39N5/c1-4-17-38(18-5-1)55-58-56(39-19-6-2-7-20-39)60-57(59-55)43-23-14-22-42(35-43)46-29-16-30-49-47-27-10-13-32-52(47)62(54(46)49)45-26-15-21-40(36-45)41-33-34-53-50(37-41)48-28-11-12-31-51(48)61(53)44-24-8-3-9-25-44/h1-13,15-21,23-37H,14,22H2. The maximum atomic E-state index is 5.09. The van der Waals surface area contributed by atoms with Crippen LogP contribution in [0.4, 0.5) is 0 Å². The predicted octanol–water partition coefficient (Wildman–Crippen LogP) is 14.3. The van der Waals surface area contributed by atoms with Crippen LogP contribution < -0.4 is 0 Å². The summed E-state index contributed by atoms with van der Waals surface area (Å²) in [4.78, 5) is 15.1. The van der Waals surface area contributed by atoms with Crippen molar-refractivity contribution in [3.63, 3.8) is 0 Å². The summed E-state index contributed by atoms with van der Waals surface area (Å²) in [6.07, 6.45) is 6.36. The number of hydrogen-bond acceptors (Lipinski definition) is 3. The predicted molar refractivity (Wildman–Crippen MR) is 256 cm³/mol. The van der Waals surface area contributed by atoms with Crippen LogP contribution in [0.15, 0.2) is 212 Å². The maximum Gasteiger partial charge on any atom is 0.164 e. The van der Waals surface area contributed by atoms with Crippen LogP contribution in [0.2, 0.25) is 0 Å². The van der Waals surface area contributed by atoms with E-state index in [4.69, 9.17) is 15.0 Å². The Bertz CT molecular complexity index is 3500. The SMILES string of the molecule is C1=C(c2nc(-c3ccccc3)nc(-c3ccccc3)n2)C=C(c2cccc3c4ccccc4n(-c4cccc(-c5ccc6c(c5)c5ccccc5n6-c5ccccc5)c4)c23)CC1. The lowest BCUT2D eigenvalue weighted by atomic mass is 9.92. The van der Waals surface area contributed by atoms with Crippen molar-refractivity contribution in [2.45, 2.75) is 12.8 Å². The lowest BCUT2D eigenvalue weighted by Crippen LogP contribution is -2.04. The summed E-state index contributed by atoms with van der Waals surface area (Å²) >= 11 is 0. The van der Waals surface area contributed by atoms with Crippen molar-refractivity contribution in [3.8, 4) is 45.3 Å². The second-order valence-corrected chi connectivity index (χ2v) is 15.9. The molecule has 0 spiro atoms. The third-order valence-corrected chi connectivity index (χ3v) is 12.2. The van der Waals surface area contributed by atoms with E-state index in [9.17, 15) is 0 Å². The van der Waals surface area contributed by atoms with E-state index in [1.54, 1.807) is 0 Å². The van der Waals surface area contributed by atoms with Crippen molar-refractivity contribution in [1.29, 1.82) is 0 Å². The van der Waals surface area contributed by atoms with Gasteiger partial charge in [0.25, 0.3) is 0 Å². The Balaban J connectivity index is 0.997. The van der Waals surface area contributed by atoms with E-state index in [1.807, 2.05) is 36.4 Å². The maximum absolute atomic E-state index is 5.09. The second-order valence-electron chi connectivity index (χ2n) is 15.9. The molecule has 5 heteroatoms. The van der Waals surface area contributed by atoms with Crippen LogP contribution in [0.25, 0.3) is 100 Å². The molecule has 5 nitrogen and oxygen atoms in total. The first-order valence-electron chi connectivity index (χ1n) is 21.3. The molecule has 8 aromatic carbocycles. The summed E-state index contributed by atoms with van der Waals surface area (Å²) in [5.41, 5.74) is 14.8. The van der Waals surface area contributed by atoms with E-state index in [2.05, 4.69) is 185 Å². The topological polar surface area (TPSA) is 48.5 Å². The highest BCUT2D eigenvalue weighted by Crippen LogP contribution is 2.41. The van der Waals surface area contributed by atoms with Gasteiger partial charge in [0.05, 0.1) is 22.1 Å². The smallest absolute Gasteiger partial charge is 0.164 e. The van der Waals surface area contributed by atoms with E-state index in [0.29, 0.717) is 17.5 Å². The molecule has 3 heterocycles. The Morgan fingerprint density at radius 3 is 1.63 bits per heavy atom. The monoisotopic (exact) mass is 793 g/mol. The number of rotatable bonds is 7. The van der Waals surface area contributed by atoms with Crippen molar-refractivity contribution in [2.24, 2.45) is 0 Å². The van der Waals surface area contributed by atoms with Gasteiger partial charge in [-0.1, -0.05) is 158 Å². The molecule has 62 heavy (non-hydrogen) atoms. The van der Waals surface area contributed by atoms with Crippen molar-refractivity contribution >= 4 is 54.8 Å². The molecular weight excluding hydrogens is 755 g/mol. The summed E-state index contributed by atoms with van der Waals surface area (Å²) in [6.45, 7) is 0. The minimum absolute atomic E-state index is 0.666. The van der Waals surface area contributed by atoms with Gasteiger partial charge >= 0.3 is 0 Å². The fourth-order valence-corrected chi connectivity index (χ4v) is 9.39. The van der Waals surface area contributed by atoms with Crippen LogP contribution >= 0.6 is 0 Å². The van der Waals surface area contributed by atoms with E-state index in [0.717, 1.165) is 40.9 Å². The molecular formula is C57H39N5. The molecule has 292 valence electrons. The Morgan fingerprint density at radius 1 is 0.371 bits per heavy atom. The van der Waals surface area contributed by atoms with E-state index in [1.165, 1.54) is 65.9 Å². The quantitative estimate of drug-likeness (QED) is 0.161. The Labute approximate surface area is 359 Å². The number of aromatic nitrogens is 5. The van der Waals surface area contributed by atoms with Gasteiger partial charge in [0, 0.05) is 55.2 Å². The molecule has 0 aliphatic heterocycles. The normalized spacial score (nSPS) is 12.9. The number of fused-ring (bicyclic) bond motifs is 6. The largest absolute Gasteiger partial charge is 0.309 e. The first-order chi connectivity index (χ1) is 30.7. The first kappa shape index (κ1) is 35.8. The minimum atomic E-state index is 0.666.